The molecule has 1 aromatic heterocycles. The Morgan fingerprint density at radius 1 is 0.886 bits per heavy atom. The Balaban J connectivity index is 1.50. The molecule has 0 radical (unpaired) electrons. The maximum absolute atomic E-state index is 12.7. The van der Waals surface area contributed by atoms with Crippen molar-refractivity contribution >= 4 is 45.0 Å². The molecule has 0 saturated carbocycles. The number of carbonyl (C=O) groups is 3. The van der Waals surface area contributed by atoms with Gasteiger partial charge in [-0.1, -0.05) is 54.6 Å². The number of esters is 2. The molecule has 0 bridgehead atoms. The van der Waals surface area contributed by atoms with E-state index < -0.39 is 24.5 Å². The molecule has 0 fully saturated rings. The van der Waals surface area contributed by atoms with E-state index in [4.69, 9.17) is 14.2 Å². The number of amides is 1. The van der Waals surface area contributed by atoms with Gasteiger partial charge < -0.3 is 19.5 Å². The number of hydrogen-bond acceptors (Lipinski definition) is 7. The molecule has 0 aliphatic rings. The number of hydrogen-bond donors (Lipinski definition) is 1. The highest BCUT2D eigenvalue weighted by atomic mass is 32.1. The van der Waals surface area contributed by atoms with Gasteiger partial charge in [0.25, 0.3) is 5.91 Å². The second-order valence-electron chi connectivity index (χ2n) is 7.46. The lowest BCUT2D eigenvalue weighted by Gasteiger charge is -2.11. The van der Waals surface area contributed by atoms with Crippen molar-refractivity contribution in [1.82, 2.24) is 0 Å². The first-order valence-corrected chi connectivity index (χ1v) is 11.8. The van der Waals surface area contributed by atoms with Crippen LogP contribution in [0.25, 0.3) is 21.9 Å². The van der Waals surface area contributed by atoms with E-state index in [0.717, 1.165) is 16.3 Å². The van der Waals surface area contributed by atoms with Crippen molar-refractivity contribution in [3.63, 3.8) is 0 Å². The highest BCUT2D eigenvalue weighted by molar-refractivity contribution is 7.15. The van der Waals surface area contributed by atoms with Gasteiger partial charge in [0.1, 0.15) is 21.9 Å². The predicted octanol–water partition coefficient (Wildman–Crippen LogP) is 5.55. The lowest BCUT2D eigenvalue weighted by Crippen LogP contribution is -2.22. The number of benzene rings is 3. The van der Waals surface area contributed by atoms with Crippen LogP contribution in [0.4, 0.5) is 5.00 Å². The SMILES string of the molecule is CCOC(=O)c1c(-c2ccccc2)csc1NC(=O)COC(=O)c1cc2ccccc2cc1OC. The van der Waals surface area contributed by atoms with E-state index in [1.807, 2.05) is 54.6 Å². The Hall–Kier alpha value is -4.17. The molecular formula is C27H23NO6S. The van der Waals surface area contributed by atoms with Gasteiger partial charge in [-0.3, -0.25) is 4.79 Å². The van der Waals surface area contributed by atoms with E-state index in [9.17, 15) is 14.4 Å². The molecule has 0 unspecified atom stereocenters. The lowest BCUT2D eigenvalue weighted by atomic mass is 10.0. The molecule has 0 saturated heterocycles. The second kappa shape index (κ2) is 10.8. The van der Waals surface area contributed by atoms with Crippen molar-refractivity contribution in [3.8, 4) is 16.9 Å². The molecule has 8 heteroatoms. The second-order valence-corrected chi connectivity index (χ2v) is 8.34. The third-order valence-electron chi connectivity index (χ3n) is 5.23. The van der Waals surface area contributed by atoms with E-state index in [1.54, 1.807) is 24.4 Å². The van der Waals surface area contributed by atoms with Crippen molar-refractivity contribution in [1.29, 1.82) is 0 Å². The monoisotopic (exact) mass is 489 g/mol. The van der Waals surface area contributed by atoms with Crippen LogP contribution in [-0.4, -0.2) is 38.2 Å². The van der Waals surface area contributed by atoms with E-state index in [2.05, 4.69) is 5.32 Å². The number of fused-ring (bicyclic) bond motifs is 1. The number of anilines is 1. The molecule has 1 amide bonds. The number of ether oxygens (including phenoxy) is 3. The van der Waals surface area contributed by atoms with E-state index in [1.165, 1.54) is 18.4 Å². The van der Waals surface area contributed by atoms with Gasteiger partial charge in [0.15, 0.2) is 6.61 Å². The molecule has 0 atom stereocenters. The summed E-state index contributed by atoms with van der Waals surface area (Å²) in [5.41, 5.74) is 1.96. The van der Waals surface area contributed by atoms with Gasteiger partial charge in [0.05, 0.1) is 13.7 Å². The summed E-state index contributed by atoms with van der Waals surface area (Å²) < 4.78 is 15.8. The summed E-state index contributed by atoms with van der Waals surface area (Å²) in [4.78, 5) is 38.0. The van der Waals surface area contributed by atoms with Crippen LogP contribution in [0.5, 0.6) is 5.75 Å². The van der Waals surface area contributed by atoms with E-state index >= 15 is 0 Å². The summed E-state index contributed by atoms with van der Waals surface area (Å²) in [5.74, 6) is -1.46. The maximum atomic E-state index is 12.7. The zero-order valence-electron chi connectivity index (χ0n) is 19.2. The van der Waals surface area contributed by atoms with Crippen LogP contribution < -0.4 is 10.1 Å². The quantitative estimate of drug-likeness (QED) is 0.326. The van der Waals surface area contributed by atoms with Gasteiger partial charge in [-0.15, -0.1) is 11.3 Å². The summed E-state index contributed by atoms with van der Waals surface area (Å²) in [6.45, 7) is 1.38. The van der Waals surface area contributed by atoms with Crippen LogP contribution in [0.1, 0.15) is 27.6 Å². The molecule has 4 rings (SSSR count). The first-order chi connectivity index (χ1) is 17.0. The first-order valence-electron chi connectivity index (χ1n) is 10.9. The Kier molecular flexibility index (Phi) is 7.42. The average Bonchev–Trinajstić information content (AvgIpc) is 3.30. The van der Waals surface area contributed by atoms with Crippen molar-refractivity contribution < 1.29 is 28.6 Å². The van der Waals surface area contributed by atoms with Gasteiger partial charge >= 0.3 is 11.9 Å². The molecule has 0 aliphatic carbocycles. The largest absolute Gasteiger partial charge is 0.496 e. The Morgan fingerprint density at radius 3 is 2.26 bits per heavy atom. The lowest BCUT2D eigenvalue weighted by molar-refractivity contribution is -0.119. The van der Waals surface area contributed by atoms with Gasteiger partial charge in [0.2, 0.25) is 0 Å². The molecule has 1 heterocycles. The predicted molar refractivity (Wildman–Crippen MR) is 135 cm³/mol. The molecule has 3 aromatic carbocycles. The van der Waals surface area contributed by atoms with Crippen molar-refractivity contribution in [2.75, 3.05) is 25.6 Å². The van der Waals surface area contributed by atoms with E-state index in [-0.39, 0.29) is 17.7 Å². The van der Waals surface area contributed by atoms with Crippen LogP contribution >= 0.6 is 11.3 Å². The Morgan fingerprint density at radius 2 is 1.57 bits per heavy atom. The van der Waals surface area contributed by atoms with E-state index in [0.29, 0.717) is 16.3 Å². The fraction of sp³-hybridized carbons (Fsp3) is 0.148. The summed E-state index contributed by atoms with van der Waals surface area (Å²) in [5, 5.41) is 6.54. The molecule has 4 aromatic rings. The molecular weight excluding hydrogens is 466 g/mol. The number of carbonyl (C=O) groups excluding carboxylic acids is 3. The minimum atomic E-state index is -0.690. The molecule has 0 spiro atoms. The van der Waals surface area contributed by atoms with Crippen LogP contribution in [0.2, 0.25) is 0 Å². The molecule has 178 valence electrons. The number of thiophene rings is 1. The minimum Gasteiger partial charge on any atom is -0.496 e. The van der Waals surface area contributed by atoms with Crippen molar-refractivity contribution in [2.24, 2.45) is 0 Å². The van der Waals surface area contributed by atoms with Crippen LogP contribution in [0.15, 0.2) is 72.1 Å². The van der Waals surface area contributed by atoms with Gasteiger partial charge in [-0.25, -0.2) is 9.59 Å². The normalized spacial score (nSPS) is 10.6. The van der Waals surface area contributed by atoms with Crippen LogP contribution in [0, 0.1) is 0 Å². The first kappa shape index (κ1) is 24.0. The van der Waals surface area contributed by atoms with Crippen molar-refractivity contribution in [3.05, 3.63) is 83.2 Å². The number of methoxy groups -OCH3 is 1. The van der Waals surface area contributed by atoms with Gasteiger partial charge in [-0.05, 0) is 35.4 Å². The van der Waals surface area contributed by atoms with Gasteiger partial charge in [-0.2, -0.15) is 0 Å². The zero-order chi connectivity index (χ0) is 24.8. The standard InChI is InChI=1S/C27H23NO6S/c1-3-33-27(31)24-21(17-9-5-4-6-10-17)16-35-25(24)28-23(29)15-34-26(30)20-13-18-11-7-8-12-19(18)14-22(20)32-2/h4-14,16H,3,15H2,1-2H3,(H,28,29). The summed E-state index contributed by atoms with van der Waals surface area (Å²) >= 11 is 1.20. The third-order valence-corrected chi connectivity index (χ3v) is 6.13. The minimum absolute atomic E-state index is 0.196. The fourth-order valence-electron chi connectivity index (χ4n) is 3.61. The third kappa shape index (κ3) is 5.33. The molecule has 35 heavy (non-hydrogen) atoms. The fourth-order valence-corrected chi connectivity index (χ4v) is 4.58. The molecule has 0 aliphatic heterocycles. The number of nitrogens with one attached hydrogen (secondary N) is 1. The molecule has 1 N–H and O–H groups in total. The topological polar surface area (TPSA) is 90.9 Å². The Bertz CT molecular complexity index is 1380. The van der Waals surface area contributed by atoms with Gasteiger partial charge in [0, 0.05) is 10.9 Å². The summed E-state index contributed by atoms with van der Waals surface area (Å²) in [6, 6.07) is 20.3. The highest BCUT2D eigenvalue weighted by Crippen LogP contribution is 2.36. The molecule has 7 nitrogen and oxygen atoms in total. The smallest absolute Gasteiger partial charge is 0.342 e. The zero-order valence-corrected chi connectivity index (χ0v) is 20.0. The highest BCUT2D eigenvalue weighted by Gasteiger charge is 2.23. The number of rotatable bonds is 8. The van der Waals surface area contributed by atoms with Crippen LogP contribution in [0.3, 0.4) is 0 Å². The van der Waals surface area contributed by atoms with Crippen molar-refractivity contribution in [2.45, 2.75) is 6.92 Å². The summed E-state index contributed by atoms with van der Waals surface area (Å²) in [7, 11) is 1.46. The maximum Gasteiger partial charge on any atom is 0.342 e. The average molecular weight is 490 g/mol. The van der Waals surface area contributed by atoms with Crippen LogP contribution in [-0.2, 0) is 14.3 Å². The Labute approximate surface area is 206 Å². The summed E-state index contributed by atoms with van der Waals surface area (Å²) in [6.07, 6.45) is 0.